The minimum absolute atomic E-state index is 0.848. The lowest BCUT2D eigenvalue weighted by Gasteiger charge is -2.10. The number of para-hydroxylation sites is 3. The number of nitrogens with zero attached hydrogens (tertiary/aromatic N) is 2. The second-order valence-corrected chi connectivity index (χ2v) is 6.10. The van der Waals surface area contributed by atoms with Gasteiger partial charge >= 0.3 is 0 Å². The Hall–Kier alpha value is -3.33. The highest BCUT2D eigenvalue weighted by molar-refractivity contribution is 5.98. The second kappa shape index (κ2) is 5.35. The van der Waals surface area contributed by atoms with Gasteiger partial charge in [0, 0.05) is 10.9 Å². The zero-order valence-corrected chi connectivity index (χ0v) is 13.8. The van der Waals surface area contributed by atoms with Gasteiger partial charge in [-0.25, -0.2) is 4.98 Å². The van der Waals surface area contributed by atoms with Gasteiger partial charge in [0.1, 0.15) is 5.75 Å². The molecule has 0 aliphatic heterocycles. The van der Waals surface area contributed by atoms with Crippen molar-refractivity contribution in [2.45, 2.75) is 0 Å². The van der Waals surface area contributed by atoms with Crippen molar-refractivity contribution in [2.75, 3.05) is 7.11 Å². The van der Waals surface area contributed by atoms with E-state index in [0.29, 0.717) is 0 Å². The average molecular weight is 324 g/mol. The predicted octanol–water partition coefficient (Wildman–Crippen LogP) is 5.32. The minimum atomic E-state index is 0.848. The summed E-state index contributed by atoms with van der Waals surface area (Å²) in [6, 6.07) is 27.0. The Morgan fingerprint density at radius 2 is 1.48 bits per heavy atom. The Kier molecular flexibility index (Phi) is 3.01. The van der Waals surface area contributed by atoms with E-state index in [2.05, 4.69) is 65.1 Å². The molecule has 0 saturated carbocycles. The summed E-state index contributed by atoms with van der Waals surface area (Å²) in [7, 11) is 1.68. The van der Waals surface area contributed by atoms with Crippen LogP contribution in [0.1, 0.15) is 0 Å². The maximum Gasteiger partial charge on any atom is 0.118 e. The predicted molar refractivity (Wildman–Crippen MR) is 102 cm³/mol. The number of ether oxygens (including phenoxy) is 1. The molecule has 0 aliphatic carbocycles. The summed E-state index contributed by atoms with van der Waals surface area (Å²) in [5.74, 6) is 0.848. The maximum absolute atomic E-state index is 5.29. The van der Waals surface area contributed by atoms with Crippen LogP contribution < -0.4 is 4.74 Å². The normalized spacial score (nSPS) is 11.4. The molecule has 0 bridgehead atoms. The Labute approximate surface area is 145 Å². The van der Waals surface area contributed by atoms with Crippen molar-refractivity contribution in [1.82, 2.24) is 9.38 Å². The first-order valence-corrected chi connectivity index (χ1v) is 8.28. The first-order valence-electron chi connectivity index (χ1n) is 8.28. The van der Waals surface area contributed by atoms with Crippen LogP contribution in [0.4, 0.5) is 0 Å². The zero-order valence-electron chi connectivity index (χ0n) is 13.8. The van der Waals surface area contributed by atoms with Gasteiger partial charge < -0.3 is 9.14 Å². The van der Waals surface area contributed by atoms with Crippen LogP contribution in [0.5, 0.6) is 5.75 Å². The fourth-order valence-corrected chi connectivity index (χ4v) is 3.48. The minimum Gasteiger partial charge on any atom is -0.497 e. The molecule has 0 unspecified atom stereocenters. The first-order chi connectivity index (χ1) is 12.3. The molecule has 2 heterocycles. The second-order valence-electron chi connectivity index (χ2n) is 6.10. The number of hydrogen-bond acceptors (Lipinski definition) is 2. The standard InChI is InChI=1S/C22H16N2O/c1-25-17-12-10-15(11-13-17)22-21-14-16-6-2-4-8-19(16)24(21)20-9-5-3-7-18(20)23-22/h2-14H,1H3. The molecule has 2 aromatic heterocycles. The van der Waals surface area contributed by atoms with Gasteiger partial charge in [-0.15, -0.1) is 0 Å². The van der Waals surface area contributed by atoms with Crippen LogP contribution >= 0.6 is 0 Å². The van der Waals surface area contributed by atoms with E-state index in [9.17, 15) is 0 Å². The lowest BCUT2D eigenvalue weighted by atomic mass is 10.1. The third-order valence-electron chi connectivity index (χ3n) is 4.67. The number of benzene rings is 3. The van der Waals surface area contributed by atoms with Gasteiger partial charge in [0.25, 0.3) is 0 Å². The van der Waals surface area contributed by atoms with Crippen molar-refractivity contribution in [2.24, 2.45) is 0 Å². The van der Waals surface area contributed by atoms with Gasteiger partial charge in [0.15, 0.2) is 0 Å². The topological polar surface area (TPSA) is 26.5 Å². The average Bonchev–Trinajstić information content (AvgIpc) is 3.07. The molecule has 0 atom stereocenters. The third-order valence-corrected chi connectivity index (χ3v) is 4.67. The summed E-state index contributed by atoms with van der Waals surface area (Å²) in [5.41, 5.74) is 6.49. The molecule has 3 nitrogen and oxygen atoms in total. The number of hydrogen-bond donors (Lipinski definition) is 0. The lowest BCUT2D eigenvalue weighted by molar-refractivity contribution is 0.415. The van der Waals surface area contributed by atoms with Gasteiger partial charge in [-0.2, -0.15) is 0 Å². The van der Waals surface area contributed by atoms with Crippen LogP contribution in [-0.4, -0.2) is 16.5 Å². The fourth-order valence-electron chi connectivity index (χ4n) is 3.48. The van der Waals surface area contributed by atoms with E-state index in [1.165, 1.54) is 10.9 Å². The van der Waals surface area contributed by atoms with Gasteiger partial charge in [0.05, 0.1) is 34.9 Å². The number of fused-ring (bicyclic) bond motifs is 5. The maximum atomic E-state index is 5.29. The molecule has 25 heavy (non-hydrogen) atoms. The largest absolute Gasteiger partial charge is 0.497 e. The highest BCUT2D eigenvalue weighted by Crippen LogP contribution is 2.32. The Morgan fingerprint density at radius 3 is 2.28 bits per heavy atom. The number of methoxy groups -OCH3 is 1. The monoisotopic (exact) mass is 324 g/mol. The quantitative estimate of drug-likeness (QED) is 0.439. The van der Waals surface area contributed by atoms with E-state index in [-0.39, 0.29) is 0 Å². The van der Waals surface area contributed by atoms with Crippen LogP contribution in [0.25, 0.3) is 38.7 Å². The molecule has 120 valence electrons. The molecule has 0 amide bonds. The van der Waals surface area contributed by atoms with Crippen molar-refractivity contribution in [3.8, 4) is 17.0 Å². The molecule has 0 spiro atoms. The van der Waals surface area contributed by atoms with Gasteiger partial charge in [-0.1, -0.05) is 30.3 Å². The first kappa shape index (κ1) is 14.1. The molecular weight excluding hydrogens is 308 g/mol. The highest BCUT2D eigenvalue weighted by Gasteiger charge is 2.13. The van der Waals surface area contributed by atoms with Crippen LogP contribution in [0, 0.1) is 0 Å². The molecule has 0 N–H and O–H groups in total. The molecule has 0 fully saturated rings. The van der Waals surface area contributed by atoms with Crippen LogP contribution in [-0.2, 0) is 0 Å². The van der Waals surface area contributed by atoms with Gasteiger partial charge in [-0.3, -0.25) is 0 Å². The van der Waals surface area contributed by atoms with E-state index in [1.807, 2.05) is 18.2 Å². The lowest BCUT2D eigenvalue weighted by Crippen LogP contribution is -1.95. The summed E-state index contributed by atoms with van der Waals surface area (Å²) in [5, 5.41) is 1.22. The van der Waals surface area contributed by atoms with Crippen LogP contribution in [0.3, 0.4) is 0 Å². The van der Waals surface area contributed by atoms with Crippen LogP contribution in [0.2, 0.25) is 0 Å². The van der Waals surface area contributed by atoms with E-state index in [4.69, 9.17) is 9.72 Å². The zero-order chi connectivity index (χ0) is 16.8. The molecular formula is C22H16N2O. The fraction of sp³-hybridized carbons (Fsp3) is 0.0455. The highest BCUT2D eigenvalue weighted by atomic mass is 16.5. The van der Waals surface area contributed by atoms with Crippen LogP contribution in [0.15, 0.2) is 78.9 Å². The number of rotatable bonds is 2. The smallest absolute Gasteiger partial charge is 0.118 e. The van der Waals surface area contributed by atoms with Crippen molar-refractivity contribution in [1.29, 1.82) is 0 Å². The van der Waals surface area contributed by atoms with Gasteiger partial charge in [0.2, 0.25) is 0 Å². The molecule has 0 radical (unpaired) electrons. The molecule has 3 heteroatoms. The van der Waals surface area contributed by atoms with Crippen molar-refractivity contribution in [3.05, 3.63) is 78.9 Å². The van der Waals surface area contributed by atoms with E-state index in [0.717, 1.165) is 33.6 Å². The van der Waals surface area contributed by atoms with Crippen molar-refractivity contribution >= 4 is 27.5 Å². The Bertz CT molecular complexity index is 1220. The van der Waals surface area contributed by atoms with Crippen molar-refractivity contribution in [3.63, 3.8) is 0 Å². The van der Waals surface area contributed by atoms with E-state index in [1.54, 1.807) is 7.11 Å². The summed E-state index contributed by atoms with van der Waals surface area (Å²) in [6.07, 6.45) is 0. The SMILES string of the molecule is COc1ccc(-c2nc3ccccc3n3c2cc2ccccc23)cc1. The van der Waals surface area contributed by atoms with E-state index < -0.39 is 0 Å². The van der Waals surface area contributed by atoms with Gasteiger partial charge in [-0.05, 0) is 48.5 Å². The van der Waals surface area contributed by atoms with Crippen molar-refractivity contribution < 1.29 is 4.74 Å². The summed E-state index contributed by atoms with van der Waals surface area (Å²) >= 11 is 0. The molecule has 5 rings (SSSR count). The summed E-state index contributed by atoms with van der Waals surface area (Å²) in [6.45, 7) is 0. The van der Waals surface area contributed by atoms with E-state index >= 15 is 0 Å². The molecule has 5 aromatic rings. The molecule has 0 saturated heterocycles. The number of aromatic nitrogens is 2. The Balaban J connectivity index is 1.94. The Morgan fingerprint density at radius 1 is 0.760 bits per heavy atom. The summed E-state index contributed by atoms with van der Waals surface area (Å²) in [4.78, 5) is 4.96. The summed E-state index contributed by atoms with van der Waals surface area (Å²) < 4.78 is 7.59. The molecule has 3 aromatic carbocycles. The third kappa shape index (κ3) is 2.09. The molecule has 0 aliphatic rings.